The first-order valence-electron chi connectivity index (χ1n) is 4.96. The highest BCUT2D eigenvalue weighted by atomic mass is 19.1. The predicted molar refractivity (Wildman–Crippen MR) is 61.0 cm³/mol. The Bertz CT molecular complexity index is 352. The van der Waals surface area contributed by atoms with E-state index in [1.54, 1.807) is 14.2 Å². The van der Waals surface area contributed by atoms with Gasteiger partial charge < -0.3 is 14.8 Å². The molecule has 96 valence electrons. The largest absolute Gasteiger partial charge is 0.382 e. The van der Waals surface area contributed by atoms with Gasteiger partial charge in [0.1, 0.15) is 0 Å². The maximum Gasteiger partial charge on any atom is 0.239 e. The lowest BCUT2D eigenvalue weighted by Crippen LogP contribution is -2.27. The van der Waals surface area contributed by atoms with E-state index in [2.05, 4.69) is 20.7 Å². The van der Waals surface area contributed by atoms with E-state index in [0.29, 0.717) is 13.2 Å². The lowest BCUT2D eigenvalue weighted by molar-refractivity contribution is 0.0365. The fourth-order valence-electron chi connectivity index (χ4n) is 1.17. The lowest BCUT2D eigenvalue weighted by atomic mass is 10.3. The number of halogens is 1. The van der Waals surface area contributed by atoms with Gasteiger partial charge in [0.25, 0.3) is 0 Å². The quantitative estimate of drug-likeness (QED) is 0.459. The number of hydrogen-bond acceptors (Lipinski definition) is 7. The lowest BCUT2D eigenvalue weighted by Gasteiger charge is -2.15. The first-order valence-corrected chi connectivity index (χ1v) is 4.96. The van der Waals surface area contributed by atoms with Gasteiger partial charge in [-0.3, -0.25) is 5.43 Å². The van der Waals surface area contributed by atoms with E-state index in [1.807, 2.05) is 0 Å². The first-order chi connectivity index (χ1) is 8.21. The average molecular weight is 245 g/mol. The summed E-state index contributed by atoms with van der Waals surface area (Å²) in [7, 11) is 3.11. The van der Waals surface area contributed by atoms with Crippen LogP contribution in [0.15, 0.2) is 6.20 Å². The van der Waals surface area contributed by atoms with Gasteiger partial charge in [0.15, 0.2) is 11.6 Å². The summed E-state index contributed by atoms with van der Waals surface area (Å²) in [5, 5.41) is 2.80. The Morgan fingerprint density at radius 3 is 2.88 bits per heavy atom. The topological polar surface area (TPSA) is 94.3 Å². The van der Waals surface area contributed by atoms with Crippen molar-refractivity contribution >= 4 is 11.8 Å². The third kappa shape index (κ3) is 4.10. The second-order valence-corrected chi connectivity index (χ2v) is 3.23. The van der Waals surface area contributed by atoms with Crippen LogP contribution in [-0.2, 0) is 9.47 Å². The zero-order chi connectivity index (χ0) is 12.7. The van der Waals surface area contributed by atoms with E-state index in [1.165, 1.54) is 0 Å². The number of anilines is 2. The van der Waals surface area contributed by atoms with Crippen LogP contribution in [0.25, 0.3) is 0 Å². The second kappa shape index (κ2) is 6.94. The molecule has 0 aliphatic carbocycles. The van der Waals surface area contributed by atoms with Gasteiger partial charge >= 0.3 is 0 Å². The molecule has 1 atom stereocenters. The van der Waals surface area contributed by atoms with Crippen LogP contribution in [0.5, 0.6) is 0 Å². The molecule has 7 nitrogen and oxygen atoms in total. The molecule has 8 heteroatoms. The van der Waals surface area contributed by atoms with Crippen LogP contribution in [0.2, 0.25) is 0 Å². The smallest absolute Gasteiger partial charge is 0.239 e. The van der Waals surface area contributed by atoms with Gasteiger partial charge in [-0.15, -0.1) is 0 Å². The van der Waals surface area contributed by atoms with E-state index < -0.39 is 5.82 Å². The molecule has 0 aliphatic rings. The first kappa shape index (κ1) is 13.6. The Morgan fingerprint density at radius 1 is 1.53 bits per heavy atom. The van der Waals surface area contributed by atoms with Crippen LogP contribution >= 0.6 is 0 Å². The third-order valence-electron chi connectivity index (χ3n) is 2.06. The van der Waals surface area contributed by atoms with Gasteiger partial charge in [0, 0.05) is 20.8 Å². The minimum atomic E-state index is -0.559. The number of hydrazine groups is 1. The summed E-state index contributed by atoms with van der Waals surface area (Å²) >= 11 is 0. The SMILES string of the molecule is COCC(CNc1nc(NN)ncc1F)OC. The molecule has 0 bridgehead atoms. The molecular weight excluding hydrogens is 229 g/mol. The molecule has 0 saturated heterocycles. The number of nitrogens with one attached hydrogen (secondary N) is 2. The van der Waals surface area contributed by atoms with E-state index in [-0.39, 0.29) is 17.9 Å². The summed E-state index contributed by atoms with van der Waals surface area (Å²) in [6, 6.07) is 0. The normalized spacial score (nSPS) is 12.2. The summed E-state index contributed by atoms with van der Waals surface area (Å²) in [6.45, 7) is 0.764. The number of nitrogen functional groups attached to an aromatic ring is 1. The molecule has 1 unspecified atom stereocenters. The van der Waals surface area contributed by atoms with Crippen molar-refractivity contribution in [2.45, 2.75) is 6.10 Å². The molecular formula is C9H16FN5O2. The minimum absolute atomic E-state index is 0.0612. The van der Waals surface area contributed by atoms with Crippen LogP contribution < -0.4 is 16.6 Å². The van der Waals surface area contributed by atoms with Crippen molar-refractivity contribution in [1.29, 1.82) is 0 Å². The number of nitrogens with zero attached hydrogens (tertiary/aromatic N) is 2. The van der Waals surface area contributed by atoms with Crippen molar-refractivity contribution < 1.29 is 13.9 Å². The Morgan fingerprint density at radius 2 is 2.29 bits per heavy atom. The van der Waals surface area contributed by atoms with Gasteiger partial charge in [-0.2, -0.15) is 4.98 Å². The zero-order valence-electron chi connectivity index (χ0n) is 9.74. The summed E-state index contributed by atoms with van der Waals surface area (Å²) in [5.74, 6) is 4.76. The van der Waals surface area contributed by atoms with Crippen LogP contribution in [0.3, 0.4) is 0 Å². The van der Waals surface area contributed by atoms with Crippen LogP contribution in [0.1, 0.15) is 0 Å². The number of rotatable bonds is 7. The molecule has 4 N–H and O–H groups in total. The molecule has 0 aromatic carbocycles. The monoisotopic (exact) mass is 245 g/mol. The van der Waals surface area contributed by atoms with Crippen LogP contribution in [0.4, 0.5) is 16.2 Å². The molecule has 1 rings (SSSR count). The second-order valence-electron chi connectivity index (χ2n) is 3.23. The third-order valence-corrected chi connectivity index (χ3v) is 2.06. The molecule has 17 heavy (non-hydrogen) atoms. The highest BCUT2D eigenvalue weighted by Crippen LogP contribution is 2.11. The van der Waals surface area contributed by atoms with Crippen molar-refractivity contribution in [3.05, 3.63) is 12.0 Å². The van der Waals surface area contributed by atoms with Gasteiger partial charge in [0.2, 0.25) is 5.95 Å². The number of hydrogen-bond donors (Lipinski definition) is 3. The van der Waals surface area contributed by atoms with Crippen molar-refractivity contribution in [3.63, 3.8) is 0 Å². The van der Waals surface area contributed by atoms with Crippen molar-refractivity contribution in [2.24, 2.45) is 5.84 Å². The Labute approximate surface area is 98.5 Å². The molecule has 1 aromatic rings. The summed E-state index contributed by atoms with van der Waals surface area (Å²) in [4.78, 5) is 7.45. The molecule has 0 radical (unpaired) electrons. The predicted octanol–water partition coefficient (Wildman–Crippen LogP) is -0.0254. The Kier molecular flexibility index (Phi) is 5.53. The van der Waals surface area contributed by atoms with Gasteiger partial charge in [-0.05, 0) is 0 Å². The molecule has 1 heterocycles. The molecule has 1 aromatic heterocycles. The van der Waals surface area contributed by atoms with Gasteiger partial charge in [-0.25, -0.2) is 15.2 Å². The maximum absolute atomic E-state index is 13.3. The highest BCUT2D eigenvalue weighted by molar-refractivity contribution is 5.40. The van der Waals surface area contributed by atoms with E-state index in [9.17, 15) is 4.39 Å². The van der Waals surface area contributed by atoms with Crippen molar-refractivity contribution in [2.75, 3.05) is 38.1 Å². The summed E-state index contributed by atoms with van der Waals surface area (Å²) < 4.78 is 23.4. The Balaban J connectivity index is 2.60. The number of methoxy groups -OCH3 is 2. The number of ether oxygens (including phenoxy) is 2. The Hall–Kier alpha value is -1.51. The fourth-order valence-corrected chi connectivity index (χ4v) is 1.17. The highest BCUT2D eigenvalue weighted by Gasteiger charge is 2.10. The molecule has 0 aliphatic heterocycles. The molecule has 0 amide bonds. The minimum Gasteiger partial charge on any atom is -0.382 e. The van der Waals surface area contributed by atoms with E-state index in [0.717, 1.165) is 6.20 Å². The van der Waals surface area contributed by atoms with Crippen molar-refractivity contribution in [1.82, 2.24) is 9.97 Å². The van der Waals surface area contributed by atoms with Crippen molar-refractivity contribution in [3.8, 4) is 0 Å². The molecule has 0 spiro atoms. The summed E-state index contributed by atoms with van der Waals surface area (Å²) in [6.07, 6.45) is 0.839. The molecule has 0 fully saturated rings. The maximum atomic E-state index is 13.3. The van der Waals surface area contributed by atoms with Gasteiger partial charge in [0.05, 0.1) is 18.9 Å². The van der Waals surface area contributed by atoms with Gasteiger partial charge in [-0.1, -0.05) is 0 Å². The summed E-state index contributed by atoms with van der Waals surface area (Å²) in [5.41, 5.74) is 2.24. The van der Waals surface area contributed by atoms with E-state index >= 15 is 0 Å². The number of aromatic nitrogens is 2. The fraction of sp³-hybridized carbons (Fsp3) is 0.556. The number of nitrogens with two attached hydrogens (primary N) is 1. The standard InChI is InChI=1S/C9H16FN5O2/c1-16-5-6(17-2)3-12-8-7(10)4-13-9(14-8)15-11/h4,6H,3,5,11H2,1-2H3,(H2,12,13,14,15). The average Bonchev–Trinajstić information content (AvgIpc) is 2.36. The van der Waals surface area contributed by atoms with Crippen LogP contribution in [-0.4, -0.2) is 43.4 Å². The molecule has 0 saturated carbocycles. The van der Waals surface area contributed by atoms with Crippen LogP contribution in [0, 0.1) is 5.82 Å². The van der Waals surface area contributed by atoms with E-state index in [4.69, 9.17) is 15.3 Å². The zero-order valence-corrected chi connectivity index (χ0v) is 9.74.